The van der Waals surface area contributed by atoms with Crippen molar-refractivity contribution >= 4 is 5.97 Å². The van der Waals surface area contributed by atoms with Gasteiger partial charge in [-0.25, -0.2) is 4.79 Å². The van der Waals surface area contributed by atoms with Gasteiger partial charge in [-0.05, 0) is 11.8 Å². The van der Waals surface area contributed by atoms with E-state index in [1.807, 2.05) is 6.08 Å². The molecule has 0 aromatic rings. The normalized spacial score (nSPS) is 43.8. The molecule has 0 unspecified atom stereocenters. The van der Waals surface area contributed by atoms with Crippen molar-refractivity contribution in [1.29, 1.82) is 0 Å². The van der Waals surface area contributed by atoms with E-state index in [1.54, 1.807) is 0 Å². The van der Waals surface area contributed by atoms with E-state index in [1.165, 1.54) is 0 Å². The Morgan fingerprint density at radius 3 is 2.46 bits per heavy atom. The Kier molecular flexibility index (Phi) is 1.17. The van der Waals surface area contributed by atoms with Crippen LogP contribution in [0, 0.1) is 23.7 Å². The van der Waals surface area contributed by atoms with Crippen LogP contribution in [0.25, 0.3) is 0 Å². The van der Waals surface area contributed by atoms with Crippen LogP contribution in [0.2, 0.25) is 0 Å². The summed E-state index contributed by atoms with van der Waals surface area (Å²) in [5, 5.41) is 8.96. The van der Waals surface area contributed by atoms with Crippen molar-refractivity contribution in [3.05, 3.63) is 36.0 Å². The number of carboxylic acid groups (broad SMARTS) is 1. The Morgan fingerprint density at radius 2 is 1.92 bits per heavy atom. The maximum atomic E-state index is 10.9. The third-order valence-electron chi connectivity index (χ3n) is 3.38. The molecule has 4 aliphatic carbocycles. The van der Waals surface area contributed by atoms with Crippen molar-refractivity contribution in [2.45, 2.75) is 0 Å². The number of hydrogen-bond donors (Lipinski definition) is 1. The zero-order valence-corrected chi connectivity index (χ0v) is 7.05. The predicted octanol–water partition coefficient (Wildman–Crippen LogP) is 1.62. The van der Waals surface area contributed by atoms with Crippen molar-refractivity contribution in [3.8, 4) is 0 Å². The minimum absolute atomic E-state index is 0.137. The Balaban J connectivity index is 2.05. The topological polar surface area (TPSA) is 37.3 Å². The minimum Gasteiger partial charge on any atom is -0.478 e. The van der Waals surface area contributed by atoms with E-state index < -0.39 is 5.97 Å². The number of hydrogen-bond acceptors (Lipinski definition) is 1. The van der Waals surface area contributed by atoms with Crippen LogP contribution in [0.3, 0.4) is 0 Å². The van der Waals surface area contributed by atoms with Crippen LogP contribution in [0.4, 0.5) is 0 Å². The van der Waals surface area contributed by atoms with Crippen LogP contribution in [0.15, 0.2) is 36.0 Å². The van der Waals surface area contributed by atoms with Gasteiger partial charge in [0.1, 0.15) is 0 Å². The molecule has 2 nitrogen and oxygen atoms in total. The van der Waals surface area contributed by atoms with Gasteiger partial charge < -0.3 is 5.11 Å². The van der Waals surface area contributed by atoms with Gasteiger partial charge in [-0.1, -0.05) is 30.4 Å². The lowest BCUT2D eigenvalue weighted by atomic mass is 9.58. The zero-order chi connectivity index (χ0) is 9.00. The Morgan fingerprint density at radius 1 is 1.15 bits per heavy atom. The Bertz CT molecular complexity index is 362. The van der Waals surface area contributed by atoms with Crippen LogP contribution < -0.4 is 0 Å². The van der Waals surface area contributed by atoms with Crippen molar-refractivity contribution < 1.29 is 9.90 Å². The lowest BCUT2D eigenvalue weighted by molar-refractivity contribution is -0.133. The Hall–Kier alpha value is -1.31. The van der Waals surface area contributed by atoms with Gasteiger partial charge in [0.2, 0.25) is 0 Å². The summed E-state index contributed by atoms with van der Waals surface area (Å²) in [5.74, 6) is 0.769. The van der Waals surface area contributed by atoms with Crippen molar-refractivity contribution in [2.24, 2.45) is 23.7 Å². The summed E-state index contributed by atoms with van der Waals surface area (Å²) in [6.07, 6.45) is 10.4. The van der Waals surface area contributed by atoms with Crippen molar-refractivity contribution in [1.82, 2.24) is 0 Å². The molecule has 0 amide bonds. The maximum absolute atomic E-state index is 10.9. The molecule has 0 heterocycles. The molecular formula is C11H10O2. The van der Waals surface area contributed by atoms with Gasteiger partial charge in [-0.15, -0.1) is 0 Å². The highest BCUT2D eigenvalue weighted by molar-refractivity contribution is 5.88. The quantitative estimate of drug-likeness (QED) is 0.613. The van der Waals surface area contributed by atoms with E-state index in [4.69, 9.17) is 5.11 Å². The van der Waals surface area contributed by atoms with Crippen LogP contribution in [-0.2, 0) is 4.79 Å². The zero-order valence-electron chi connectivity index (χ0n) is 7.05. The van der Waals surface area contributed by atoms with Gasteiger partial charge in [0.15, 0.2) is 0 Å². The van der Waals surface area contributed by atoms with Crippen LogP contribution in [0.1, 0.15) is 0 Å². The summed E-state index contributed by atoms with van der Waals surface area (Å²) in [7, 11) is 0. The van der Waals surface area contributed by atoms with E-state index in [0.717, 1.165) is 0 Å². The predicted molar refractivity (Wildman–Crippen MR) is 48.0 cm³/mol. The molecule has 0 radical (unpaired) electrons. The molecule has 0 aromatic carbocycles. The maximum Gasteiger partial charge on any atom is 0.331 e. The molecule has 4 atom stereocenters. The molecule has 0 fully saturated rings. The molecule has 2 heteroatoms. The molecule has 0 spiro atoms. The monoisotopic (exact) mass is 174 g/mol. The molecular weight excluding hydrogens is 164 g/mol. The summed E-state index contributed by atoms with van der Waals surface area (Å²) in [5.41, 5.74) is 0.595. The highest BCUT2D eigenvalue weighted by Crippen LogP contribution is 2.49. The fraction of sp³-hybridized carbons (Fsp3) is 0.364. The lowest BCUT2D eigenvalue weighted by Gasteiger charge is -2.45. The highest BCUT2D eigenvalue weighted by Gasteiger charge is 2.44. The van der Waals surface area contributed by atoms with Gasteiger partial charge >= 0.3 is 5.97 Å². The summed E-state index contributed by atoms with van der Waals surface area (Å²) >= 11 is 0. The van der Waals surface area contributed by atoms with E-state index >= 15 is 0 Å². The number of rotatable bonds is 1. The molecule has 66 valence electrons. The van der Waals surface area contributed by atoms with Gasteiger partial charge in [0.25, 0.3) is 0 Å². The largest absolute Gasteiger partial charge is 0.478 e. The fourth-order valence-corrected chi connectivity index (χ4v) is 2.63. The van der Waals surface area contributed by atoms with Crippen molar-refractivity contribution in [2.75, 3.05) is 0 Å². The smallest absolute Gasteiger partial charge is 0.331 e. The number of carbonyl (C=O) groups is 1. The van der Waals surface area contributed by atoms with Crippen LogP contribution >= 0.6 is 0 Å². The highest BCUT2D eigenvalue weighted by atomic mass is 16.4. The van der Waals surface area contributed by atoms with Crippen LogP contribution in [0.5, 0.6) is 0 Å². The van der Waals surface area contributed by atoms with Gasteiger partial charge in [0.05, 0.1) is 0 Å². The van der Waals surface area contributed by atoms with Crippen LogP contribution in [-0.4, -0.2) is 11.1 Å². The van der Waals surface area contributed by atoms with E-state index in [-0.39, 0.29) is 5.92 Å². The summed E-state index contributed by atoms with van der Waals surface area (Å²) < 4.78 is 0. The lowest BCUT2D eigenvalue weighted by Crippen LogP contribution is -2.40. The molecule has 0 aromatic heterocycles. The molecule has 1 N–H and O–H groups in total. The summed E-state index contributed by atoms with van der Waals surface area (Å²) in [6, 6.07) is 0. The minimum atomic E-state index is -0.752. The second-order valence-corrected chi connectivity index (χ2v) is 3.95. The number of carboxylic acids is 1. The SMILES string of the molecule is O=C(O)C1=C[C@H]2C=C[C@H]1[C@@H]1C=C[C@@H]21. The average Bonchev–Trinajstić information content (AvgIpc) is 2.03. The number of allylic oxidation sites excluding steroid dienone is 5. The standard InChI is InChI=1S/C11H10O2/c12-11(13)10-5-6-1-2-9(10)8-4-3-7(6)8/h1-9H,(H,12,13)/t6-,7+,8-,9+/m1/s1. The first kappa shape index (κ1) is 7.13. The fourth-order valence-electron chi connectivity index (χ4n) is 2.63. The van der Waals surface area contributed by atoms with Gasteiger partial charge in [0, 0.05) is 17.4 Å². The third kappa shape index (κ3) is 0.755. The first-order valence-electron chi connectivity index (χ1n) is 4.59. The van der Waals surface area contributed by atoms with Crippen molar-refractivity contribution in [3.63, 3.8) is 0 Å². The molecule has 0 saturated heterocycles. The van der Waals surface area contributed by atoms with E-state index in [9.17, 15) is 4.79 Å². The number of aliphatic carboxylic acids is 1. The molecule has 2 bridgehead atoms. The molecule has 13 heavy (non-hydrogen) atoms. The van der Waals surface area contributed by atoms with Gasteiger partial charge in [-0.2, -0.15) is 0 Å². The average molecular weight is 174 g/mol. The second-order valence-electron chi connectivity index (χ2n) is 3.95. The Labute approximate surface area is 76.3 Å². The summed E-state index contributed by atoms with van der Waals surface area (Å²) in [6.45, 7) is 0. The first-order valence-corrected chi connectivity index (χ1v) is 4.59. The molecule has 4 rings (SSSR count). The second kappa shape index (κ2) is 2.13. The molecule has 0 saturated carbocycles. The summed E-state index contributed by atoms with van der Waals surface area (Å²) in [4.78, 5) is 10.9. The molecule has 0 aliphatic heterocycles. The van der Waals surface area contributed by atoms with E-state index in [0.29, 0.717) is 23.3 Å². The third-order valence-corrected chi connectivity index (χ3v) is 3.38. The molecule has 4 aliphatic rings. The first-order chi connectivity index (χ1) is 6.27. The van der Waals surface area contributed by atoms with Gasteiger partial charge in [-0.3, -0.25) is 0 Å². The van der Waals surface area contributed by atoms with E-state index in [2.05, 4.69) is 24.3 Å².